The maximum Gasteiger partial charge on any atom is 0.303 e. The third-order valence-electron chi connectivity index (χ3n) is 3.04. The second-order valence-electron chi connectivity index (χ2n) is 5.34. The highest BCUT2D eigenvalue weighted by Crippen LogP contribution is 2.40. The van der Waals surface area contributed by atoms with Gasteiger partial charge in [0, 0.05) is 17.3 Å². The molecular formula is C14H17BrO3. The van der Waals surface area contributed by atoms with Gasteiger partial charge in [0.25, 0.3) is 0 Å². The molecule has 18 heavy (non-hydrogen) atoms. The van der Waals surface area contributed by atoms with Gasteiger partial charge in [-0.2, -0.15) is 0 Å². The van der Waals surface area contributed by atoms with Gasteiger partial charge >= 0.3 is 5.97 Å². The van der Waals surface area contributed by atoms with E-state index >= 15 is 0 Å². The summed E-state index contributed by atoms with van der Waals surface area (Å²) in [6.45, 7) is 4.14. The van der Waals surface area contributed by atoms with Crippen molar-refractivity contribution >= 4 is 21.9 Å². The van der Waals surface area contributed by atoms with E-state index in [4.69, 9.17) is 9.84 Å². The fraction of sp³-hybridized carbons (Fsp3) is 0.500. The minimum atomic E-state index is -0.747. The summed E-state index contributed by atoms with van der Waals surface area (Å²) in [5.41, 5.74) is 2.15. The lowest BCUT2D eigenvalue weighted by atomic mass is 9.99. The molecule has 0 bridgehead atoms. The maximum absolute atomic E-state index is 10.6. The van der Waals surface area contributed by atoms with Gasteiger partial charge in [-0.1, -0.05) is 15.9 Å². The summed E-state index contributed by atoms with van der Waals surface area (Å²) in [5.74, 6) is 0.205. The molecule has 4 heteroatoms. The van der Waals surface area contributed by atoms with E-state index in [0.29, 0.717) is 6.42 Å². The van der Waals surface area contributed by atoms with Crippen molar-refractivity contribution in [3.8, 4) is 5.75 Å². The quantitative estimate of drug-likeness (QED) is 0.924. The number of fused-ring (bicyclic) bond motifs is 1. The molecule has 3 nitrogen and oxygen atoms in total. The Balaban J connectivity index is 2.19. The zero-order valence-electron chi connectivity index (χ0n) is 10.6. The Bertz CT molecular complexity index is 480. The van der Waals surface area contributed by atoms with Crippen LogP contribution in [0, 0.1) is 0 Å². The number of ether oxygens (including phenoxy) is 1. The minimum Gasteiger partial charge on any atom is -0.487 e. The third-order valence-corrected chi connectivity index (χ3v) is 3.50. The van der Waals surface area contributed by atoms with E-state index in [1.165, 1.54) is 5.56 Å². The van der Waals surface area contributed by atoms with Gasteiger partial charge in [0.2, 0.25) is 0 Å². The number of benzene rings is 1. The first kappa shape index (κ1) is 13.4. The van der Waals surface area contributed by atoms with Gasteiger partial charge in [0.05, 0.1) is 0 Å². The molecule has 0 aliphatic carbocycles. The number of aliphatic carboxylic acids is 1. The Morgan fingerprint density at radius 3 is 2.89 bits per heavy atom. The molecule has 0 fully saturated rings. The summed E-state index contributed by atoms with van der Waals surface area (Å²) in [6, 6.07) is 4.12. The highest BCUT2D eigenvalue weighted by atomic mass is 79.9. The summed E-state index contributed by atoms with van der Waals surface area (Å²) in [7, 11) is 0. The van der Waals surface area contributed by atoms with Crippen molar-refractivity contribution < 1.29 is 14.6 Å². The third kappa shape index (κ3) is 3.05. The van der Waals surface area contributed by atoms with Crippen molar-refractivity contribution in [3.63, 3.8) is 0 Å². The molecule has 2 rings (SSSR count). The molecule has 1 aromatic carbocycles. The Morgan fingerprint density at radius 2 is 2.22 bits per heavy atom. The van der Waals surface area contributed by atoms with E-state index < -0.39 is 5.97 Å². The van der Waals surface area contributed by atoms with Gasteiger partial charge in [-0.3, -0.25) is 4.79 Å². The first-order valence-corrected chi connectivity index (χ1v) is 6.89. The van der Waals surface area contributed by atoms with Crippen molar-refractivity contribution in [2.24, 2.45) is 0 Å². The molecule has 0 saturated heterocycles. The monoisotopic (exact) mass is 312 g/mol. The lowest BCUT2D eigenvalue weighted by Gasteiger charge is -2.18. The van der Waals surface area contributed by atoms with Crippen molar-refractivity contribution in [1.29, 1.82) is 0 Å². The van der Waals surface area contributed by atoms with Crippen LogP contribution in [0.2, 0.25) is 0 Å². The van der Waals surface area contributed by atoms with E-state index in [2.05, 4.69) is 35.8 Å². The number of carboxylic acids is 1. The molecule has 1 aliphatic rings. The Labute approximate surface area is 115 Å². The molecule has 0 amide bonds. The van der Waals surface area contributed by atoms with Crippen molar-refractivity contribution in [2.75, 3.05) is 0 Å². The van der Waals surface area contributed by atoms with Gasteiger partial charge < -0.3 is 9.84 Å². The van der Waals surface area contributed by atoms with Crippen LogP contribution in [0.3, 0.4) is 0 Å². The fourth-order valence-corrected chi connectivity index (χ4v) is 2.91. The van der Waals surface area contributed by atoms with Crippen LogP contribution in [0.15, 0.2) is 16.6 Å². The van der Waals surface area contributed by atoms with Crippen LogP contribution in [-0.4, -0.2) is 16.7 Å². The summed E-state index contributed by atoms with van der Waals surface area (Å²) < 4.78 is 7.00. The van der Waals surface area contributed by atoms with Crippen LogP contribution in [0.1, 0.15) is 37.8 Å². The highest BCUT2D eigenvalue weighted by Gasteiger charge is 2.31. The second-order valence-corrected chi connectivity index (χ2v) is 6.25. The summed E-state index contributed by atoms with van der Waals surface area (Å²) in [5, 5.41) is 8.68. The molecule has 98 valence electrons. The minimum absolute atomic E-state index is 0.162. The van der Waals surface area contributed by atoms with E-state index in [-0.39, 0.29) is 12.0 Å². The number of aryl methyl sites for hydroxylation is 1. The van der Waals surface area contributed by atoms with Crippen LogP contribution >= 0.6 is 15.9 Å². The number of hydrogen-bond acceptors (Lipinski definition) is 2. The molecule has 0 radical (unpaired) electrons. The number of carboxylic acid groups (broad SMARTS) is 1. The first-order chi connectivity index (χ1) is 8.37. The summed E-state index contributed by atoms with van der Waals surface area (Å²) in [6.07, 6.45) is 2.48. The molecule has 1 heterocycles. The Morgan fingerprint density at radius 1 is 1.50 bits per heavy atom. The lowest BCUT2D eigenvalue weighted by Crippen LogP contribution is -2.24. The Hall–Kier alpha value is -1.03. The molecule has 1 aliphatic heterocycles. The highest BCUT2D eigenvalue weighted by molar-refractivity contribution is 9.10. The van der Waals surface area contributed by atoms with E-state index in [1.54, 1.807) is 0 Å². The SMILES string of the molecule is CC1(C)Cc2cc(Br)cc(CCCC(=O)O)c2O1. The van der Waals surface area contributed by atoms with Crippen molar-refractivity contribution in [3.05, 3.63) is 27.7 Å². The normalized spacial score (nSPS) is 16.2. The molecule has 0 saturated carbocycles. The van der Waals surface area contributed by atoms with Gasteiger partial charge in [0.15, 0.2) is 0 Å². The van der Waals surface area contributed by atoms with E-state index in [9.17, 15) is 4.79 Å². The predicted molar refractivity (Wildman–Crippen MR) is 73.1 cm³/mol. The van der Waals surface area contributed by atoms with Gasteiger partial charge in [0.1, 0.15) is 11.4 Å². The smallest absolute Gasteiger partial charge is 0.303 e. The zero-order valence-corrected chi connectivity index (χ0v) is 12.2. The molecule has 1 aromatic rings. The fourth-order valence-electron chi connectivity index (χ4n) is 2.36. The number of halogens is 1. The first-order valence-electron chi connectivity index (χ1n) is 6.09. The topological polar surface area (TPSA) is 46.5 Å². The molecular weight excluding hydrogens is 296 g/mol. The van der Waals surface area contributed by atoms with Crippen LogP contribution in [0.5, 0.6) is 5.75 Å². The standard InChI is InChI=1S/C14H17BrO3/c1-14(2)8-10-7-11(15)6-9(13(10)18-14)4-3-5-12(16)17/h6-7H,3-5,8H2,1-2H3,(H,16,17). The Kier molecular flexibility index (Phi) is 3.66. The number of carbonyl (C=O) groups is 1. The van der Waals surface area contributed by atoms with E-state index in [1.807, 2.05) is 6.07 Å². The molecule has 0 spiro atoms. The molecule has 1 N–H and O–H groups in total. The second kappa shape index (κ2) is 4.92. The van der Waals surface area contributed by atoms with Crippen LogP contribution in [0.25, 0.3) is 0 Å². The van der Waals surface area contributed by atoms with Gasteiger partial charge in [-0.05, 0) is 49.9 Å². The maximum atomic E-state index is 10.6. The largest absolute Gasteiger partial charge is 0.487 e. The molecule has 0 unspecified atom stereocenters. The van der Waals surface area contributed by atoms with Gasteiger partial charge in [-0.15, -0.1) is 0 Å². The number of hydrogen-bond donors (Lipinski definition) is 1. The van der Waals surface area contributed by atoms with Crippen LogP contribution in [-0.2, 0) is 17.6 Å². The summed E-state index contributed by atoms with van der Waals surface area (Å²) in [4.78, 5) is 10.6. The zero-order chi connectivity index (χ0) is 13.3. The van der Waals surface area contributed by atoms with Crippen LogP contribution < -0.4 is 4.74 Å². The average Bonchev–Trinajstić information content (AvgIpc) is 2.51. The number of rotatable bonds is 4. The molecule has 0 aromatic heterocycles. The van der Waals surface area contributed by atoms with Gasteiger partial charge in [-0.25, -0.2) is 0 Å². The van der Waals surface area contributed by atoms with Crippen molar-refractivity contribution in [1.82, 2.24) is 0 Å². The summed E-state index contributed by atoms with van der Waals surface area (Å²) >= 11 is 3.50. The average molecular weight is 313 g/mol. The van der Waals surface area contributed by atoms with Crippen molar-refractivity contribution in [2.45, 2.75) is 45.1 Å². The van der Waals surface area contributed by atoms with E-state index in [0.717, 1.165) is 28.6 Å². The van der Waals surface area contributed by atoms with Crippen LogP contribution in [0.4, 0.5) is 0 Å². The predicted octanol–water partition coefficient (Wildman–Crippen LogP) is 3.57. The lowest BCUT2D eigenvalue weighted by molar-refractivity contribution is -0.137. The molecule has 0 atom stereocenters.